The number of carboxylic acid groups (broad SMARTS) is 1. The smallest absolute Gasteiger partial charge is 0.328 e. The third kappa shape index (κ3) is 4.07. The van der Waals surface area contributed by atoms with E-state index >= 15 is 0 Å². The molecule has 0 bridgehead atoms. The predicted octanol–water partition coefficient (Wildman–Crippen LogP) is 4.68. The van der Waals surface area contributed by atoms with E-state index in [4.69, 9.17) is 21.4 Å². The maximum absolute atomic E-state index is 13.0. The first-order chi connectivity index (χ1) is 9.95. The summed E-state index contributed by atoms with van der Waals surface area (Å²) in [5.41, 5.74) is 1.55. The van der Waals surface area contributed by atoms with E-state index in [1.54, 1.807) is 18.2 Å². The van der Waals surface area contributed by atoms with E-state index < -0.39 is 11.8 Å². The van der Waals surface area contributed by atoms with Crippen LogP contribution in [0, 0.1) is 12.7 Å². The van der Waals surface area contributed by atoms with Crippen LogP contribution < -0.4 is 4.74 Å². The second-order valence-electron chi connectivity index (χ2n) is 4.37. The van der Waals surface area contributed by atoms with Crippen molar-refractivity contribution in [3.8, 4) is 11.5 Å². The van der Waals surface area contributed by atoms with Gasteiger partial charge in [-0.1, -0.05) is 17.7 Å². The molecule has 0 saturated carbocycles. The molecule has 0 spiro atoms. The molecule has 0 aromatic heterocycles. The molecule has 1 N–H and O–H groups in total. The molecule has 2 aromatic carbocycles. The van der Waals surface area contributed by atoms with Crippen LogP contribution in [-0.2, 0) is 4.79 Å². The van der Waals surface area contributed by atoms with E-state index in [-0.39, 0.29) is 5.02 Å². The van der Waals surface area contributed by atoms with E-state index in [0.29, 0.717) is 11.5 Å². The number of ether oxygens (including phenoxy) is 1. The molecule has 3 nitrogen and oxygen atoms in total. The van der Waals surface area contributed by atoms with Gasteiger partial charge < -0.3 is 9.84 Å². The monoisotopic (exact) mass is 306 g/mol. The standard InChI is InChI=1S/C16H12ClFO3/c1-10-8-11(3-7-16(19)20)2-5-14(10)21-15-6-4-12(18)9-13(15)17/h2-9H,1H3,(H,19,20). The number of halogens is 2. The Bertz CT molecular complexity index is 711. The zero-order valence-electron chi connectivity index (χ0n) is 11.1. The van der Waals surface area contributed by atoms with Crippen LogP contribution in [0.4, 0.5) is 4.39 Å². The Labute approximate surface area is 126 Å². The summed E-state index contributed by atoms with van der Waals surface area (Å²) in [7, 11) is 0. The molecule has 0 amide bonds. The minimum Gasteiger partial charge on any atom is -0.478 e. The van der Waals surface area contributed by atoms with Gasteiger partial charge in [-0.25, -0.2) is 9.18 Å². The molecule has 108 valence electrons. The highest BCUT2D eigenvalue weighted by molar-refractivity contribution is 6.32. The van der Waals surface area contributed by atoms with Crippen molar-refractivity contribution < 1.29 is 19.0 Å². The highest BCUT2D eigenvalue weighted by Gasteiger charge is 2.07. The number of hydrogen-bond donors (Lipinski definition) is 1. The van der Waals surface area contributed by atoms with Gasteiger partial charge in [-0.3, -0.25) is 0 Å². The summed E-state index contributed by atoms with van der Waals surface area (Å²) in [6.45, 7) is 1.82. The van der Waals surface area contributed by atoms with Crippen LogP contribution in [0.3, 0.4) is 0 Å². The first-order valence-electron chi connectivity index (χ1n) is 6.10. The lowest BCUT2D eigenvalue weighted by Crippen LogP contribution is -1.90. The lowest BCUT2D eigenvalue weighted by Gasteiger charge is -2.10. The normalized spacial score (nSPS) is 10.8. The first-order valence-corrected chi connectivity index (χ1v) is 6.48. The molecule has 0 atom stereocenters. The van der Waals surface area contributed by atoms with Crippen LogP contribution in [0.1, 0.15) is 11.1 Å². The molecule has 0 aliphatic rings. The van der Waals surface area contributed by atoms with Crippen LogP contribution in [0.15, 0.2) is 42.5 Å². The van der Waals surface area contributed by atoms with Crippen molar-refractivity contribution in [2.45, 2.75) is 6.92 Å². The van der Waals surface area contributed by atoms with E-state index in [2.05, 4.69) is 0 Å². The molecule has 2 aromatic rings. The van der Waals surface area contributed by atoms with Gasteiger partial charge in [0.15, 0.2) is 0 Å². The van der Waals surface area contributed by atoms with Gasteiger partial charge in [-0.2, -0.15) is 0 Å². The summed E-state index contributed by atoms with van der Waals surface area (Å²) in [5.74, 6) is -0.518. The minimum absolute atomic E-state index is 0.184. The summed E-state index contributed by atoms with van der Waals surface area (Å²) in [6.07, 6.45) is 2.55. The second-order valence-corrected chi connectivity index (χ2v) is 4.78. The van der Waals surface area contributed by atoms with Crippen molar-refractivity contribution in [3.05, 3.63) is 64.4 Å². The summed E-state index contributed by atoms with van der Waals surface area (Å²) in [6, 6.07) is 9.11. The molecule has 0 fully saturated rings. The zero-order chi connectivity index (χ0) is 15.4. The molecule has 5 heteroatoms. The van der Waals surface area contributed by atoms with Gasteiger partial charge in [0, 0.05) is 6.08 Å². The quantitative estimate of drug-likeness (QED) is 0.834. The number of benzene rings is 2. The van der Waals surface area contributed by atoms with Crippen molar-refractivity contribution in [1.82, 2.24) is 0 Å². The van der Waals surface area contributed by atoms with E-state index in [0.717, 1.165) is 17.2 Å². The number of rotatable bonds is 4. The molecule has 0 aliphatic heterocycles. The number of carbonyl (C=O) groups is 1. The third-order valence-corrected chi connectivity index (χ3v) is 3.03. The van der Waals surface area contributed by atoms with Gasteiger partial charge in [0.1, 0.15) is 17.3 Å². The molecule has 2 rings (SSSR count). The van der Waals surface area contributed by atoms with Crippen LogP contribution in [-0.4, -0.2) is 11.1 Å². The molecule has 0 aliphatic carbocycles. The average molecular weight is 307 g/mol. The molecular formula is C16H12ClFO3. The number of carboxylic acids is 1. The fourth-order valence-electron chi connectivity index (χ4n) is 1.73. The Hall–Kier alpha value is -2.33. The molecule has 21 heavy (non-hydrogen) atoms. The van der Waals surface area contributed by atoms with Gasteiger partial charge in [0.2, 0.25) is 0 Å². The number of aryl methyl sites for hydroxylation is 1. The van der Waals surface area contributed by atoms with E-state index in [1.807, 2.05) is 6.92 Å². The largest absolute Gasteiger partial charge is 0.478 e. The predicted molar refractivity (Wildman–Crippen MR) is 79.3 cm³/mol. The average Bonchev–Trinajstić information content (AvgIpc) is 2.42. The Morgan fingerprint density at radius 1 is 1.24 bits per heavy atom. The van der Waals surface area contributed by atoms with Crippen LogP contribution >= 0.6 is 11.6 Å². The first kappa shape index (κ1) is 15.1. The molecule has 0 radical (unpaired) electrons. The Morgan fingerprint density at radius 2 is 1.95 bits per heavy atom. The molecule has 0 saturated heterocycles. The van der Waals surface area contributed by atoms with Gasteiger partial charge in [-0.05, 0) is 54.5 Å². The fourth-order valence-corrected chi connectivity index (χ4v) is 1.94. The van der Waals surface area contributed by atoms with Crippen LogP contribution in [0.5, 0.6) is 11.5 Å². The SMILES string of the molecule is Cc1cc(C=CC(=O)O)ccc1Oc1ccc(F)cc1Cl. The van der Waals surface area contributed by atoms with Gasteiger partial charge in [-0.15, -0.1) is 0 Å². The Kier molecular flexibility index (Phi) is 4.60. The van der Waals surface area contributed by atoms with Crippen molar-refractivity contribution in [2.24, 2.45) is 0 Å². The molecular weight excluding hydrogens is 295 g/mol. The van der Waals surface area contributed by atoms with Crippen molar-refractivity contribution in [1.29, 1.82) is 0 Å². The zero-order valence-corrected chi connectivity index (χ0v) is 11.9. The topological polar surface area (TPSA) is 46.5 Å². The van der Waals surface area contributed by atoms with Crippen molar-refractivity contribution >= 4 is 23.6 Å². The maximum Gasteiger partial charge on any atom is 0.328 e. The van der Waals surface area contributed by atoms with E-state index in [1.165, 1.54) is 24.3 Å². The van der Waals surface area contributed by atoms with E-state index in [9.17, 15) is 9.18 Å². The Morgan fingerprint density at radius 3 is 2.57 bits per heavy atom. The highest BCUT2D eigenvalue weighted by atomic mass is 35.5. The van der Waals surface area contributed by atoms with Gasteiger partial charge in [0.25, 0.3) is 0 Å². The Balaban J connectivity index is 2.23. The van der Waals surface area contributed by atoms with Gasteiger partial charge >= 0.3 is 5.97 Å². The fraction of sp³-hybridized carbons (Fsp3) is 0.0625. The lowest BCUT2D eigenvalue weighted by molar-refractivity contribution is -0.131. The molecule has 0 heterocycles. The summed E-state index contributed by atoms with van der Waals surface area (Å²) in [4.78, 5) is 10.5. The van der Waals surface area contributed by atoms with Crippen molar-refractivity contribution in [2.75, 3.05) is 0 Å². The summed E-state index contributed by atoms with van der Waals surface area (Å²) < 4.78 is 18.6. The number of aliphatic carboxylic acids is 1. The summed E-state index contributed by atoms with van der Waals surface area (Å²) in [5, 5.41) is 8.77. The summed E-state index contributed by atoms with van der Waals surface area (Å²) >= 11 is 5.91. The maximum atomic E-state index is 13.0. The second kappa shape index (κ2) is 6.41. The van der Waals surface area contributed by atoms with Gasteiger partial charge in [0.05, 0.1) is 5.02 Å². The van der Waals surface area contributed by atoms with Crippen LogP contribution in [0.2, 0.25) is 5.02 Å². The third-order valence-electron chi connectivity index (χ3n) is 2.73. The minimum atomic E-state index is -1.01. The van der Waals surface area contributed by atoms with Crippen LogP contribution in [0.25, 0.3) is 6.08 Å². The van der Waals surface area contributed by atoms with Crippen molar-refractivity contribution in [3.63, 3.8) is 0 Å². The highest BCUT2D eigenvalue weighted by Crippen LogP contribution is 2.31. The lowest BCUT2D eigenvalue weighted by atomic mass is 10.1. The number of hydrogen-bond acceptors (Lipinski definition) is 2. The molecule has 0 unspecified atom stereocenters.